The van der Waals surface area contributed by atoms with Gasteiger partial charge in [0.25, 0.3) is 5.91 Å². The molecule has 0 saturated heterocycles. The third-order valence-electron chi connectivity index (χ3n) is 5.67. The quantitative estimate of drug-likeness (QED) is 0.713. The number of carbonyl (C=O) groups is 1. The first-order valence-corrected chi connectivity index (χ1v) is 9.59. The summed E-state index contributed by atoms with van der Waals surface area (Å²) in [6.07, 6.45) is 4.80. The minimum absolute atomic E-state index is 0.00520. The summed E-state index contributed by atoms with van der Waals surface area (Å²) in [5.41, 5.74) is 12.8. The zero-order chi connectivity index (χ0) is 18.4. The normalized spacial score (nSPS) is 15.5. The minimum atomic E-state index is -0.00520. The minimum Gasteiger partial charge on any atom is -0.398 e. The largest absolute Gasteiger partial charge is 0.398 e. The van der Waals surface area contributed by atoms with Crippen LogP contribution >= 0.6 is 0 Å². The van der Waals surface area contributed by atoms with E-state index in [-0.39, 0.29) is 5.91 Å². The molecule has 2 aromatic carbocycles. The first-order valence-electron chi connectivity index (χ1n) is 9.59. The molecule has 0 spiro atoms. The molecule has 1 amide bonds. The first-order chi connectivity index (χ1) is 13.2. The Morgan fingerprint density at radius 3 is 2.59 bits per heavy atom. The van der Waals surface area contributed by atoms with Gasteiger partial charge in [-0.05, 0) is 61.9 Å². The number of para-hydroxylation sites is 1. The highest BCUT2D eigenvalue weighted by atomic mass is 16.2. The van der Waals surface area contributed by atoms with E-state index < -0.39 is 0 Å². The molecule has 136 valence electrons. The Morgan fingerprint density at radius 1 is 0.926 bits per heavy atom. The smallest absolute Gasteiger partial charge is 0.279 e. The van der Waals surface area contributed by atoms with Gasteiger partial charge in [-0.2, -0.15) is 5.10 Å². The van der Waals surface area contributed by atoms with E-state index >= 15 is 0 Å². The molecule has 0 bridgehead atoms. The Hall–Kier alpha value is -3.08. The molecule has 27 heavy (non-hydrogen) atoms. The molecule has 5 rings (SSSR count). The fraction of sp³-hybridized carbons (Fsp3) is 0.273. The molecule has 1 aliphatic carbocycles. The number of nitrogens with two attached hydrogens (primary N) is 1. The van der Waals surface area contributed by atoms with Crippen LogP contribution in [0, 0.1) is 0 Å². The lowest BCUT2D eigenvalue weighted by atomic mass is 9.99. The molecule has 0 fully saturated rings. The van der Waals surface area contributed by atoms with Crippen molar-refractivity contribution in [3.8, 4) is 5.69 Å². The van der Waals surface area contributed by atoms with Crippen LogP contribution in [0.2, 0.25) is 0 Å². The highest BCUT2D eigenvalue weighted by molar-refractivity contribution is 6.07. The predicted octanol–water partition coefficient (Wildman–Crippen LogP) is 3.54. The molecule has 2 aliphatic rings. The molecule has 1 aliphatic heterocycles. The third kappa shape index (κ3) is 2.53. The molecule has 0 unspecified atom stereocenters. The second-order valence-corrected chi connectivity index (χ2v) is 7.28. The summed E-state index contributed by atoms with van der Waals surface area (Å²) in [6, 6.07) is 15.9. The molecule has 5 nitrogen and oxygen atoms in total. The van der Waals surface area contributed by atoms with E-state index in [4.69, 9.17) is 10.8 Å². The zero-order valence-corrected chi connectivity index (χ0v) is 15.2. The fourth-order valence-electron chi connectivity index (χ4n) is 4.38. The molecule has 5 heteroatoms. The number of anilines is 2. The Balaban J connectivity index is 1.59. The zero-order valence-electron chi connectivity index (χ0n) is 15.2. The van der Waals surface area contributed by atoms with Gasteiger partial charge >= 0.3 is 0 Å². The Labute approximate surface area is 158 Å². The highest BCUT2D eigenvalue weighted by Crippen LogP contribution is 2.34. The summed E-state index contributed by atoms with van der Waals surface area (Å²) < 4.78 is 1.96. The standard InChI is InChI=1S/C22H22N4O/c23-18-11-5-12-19-16(18)10-6-14-25(19)22(27)21-17-9-4-13-20(17)26(24-21)15-7-2-1-3-8-15/h1-3,5,7-8,11-12H,4,6,9-10,13-14,23H2. The van der Waals surface area contributed by atoms with Crippen molar-refractivity contribution < 1.29 is 4.79 Å². The molecule has 1 aromatic heterocycles. The maximum absolute atomic E-state index is 13.5. The van der Waals surface area contributed by atoms with Crippen LogP contribution in [0.3, 0.4) is 0 Å². The van der Waals surface area contributed by atoms with Crippen molar-refractivity contribution in [1.29, 1.82) is 0 Å². The summed E-state index contributed by atoms with van der Waals surface area (Å²) in [5, 5.41) is 4.77. The molecule has 0 saturated carbocycles. The summed E-state index contributed by atoms with van der Waals surface area (Å²) >= 11 is 0. The summed E-state index contributed by atoms with van der Waals surface area (Å²) in [5.74, 6) is -0.00520. The number of hydrogen-bond donors (Lipinski definition) is 1. The number of rotatable bonds is 2. The molecule has 0 atom stereocenters. The van der Waals surface area contributed by atoms with E-state index in [1.807, 2.05) is 58.1 Å². The van der Waals surface area contributed by atoms with Crippen LogP contribution < -0.4 is 10.6 Å². The van der Waals surface area contributed by atoms with Gasteiger partial charge in [0, 0.05) is 29.2 Å². The van der Waals surface area contributed by atoms with Crippen molar-refractivity contribution in [2.45, 2.75) is 32.1 Å². The van der Waals surface area contributed by atoms with Crippen LogP contribution in [0.4, 0.5) is 11.4 Å². The van der Waals surface area contributed by atoms with Gasteiger partial charge in [-0.15, -0.1) is 0 Å². The lowest BCUT2D eigenvalue weighted by Gasteiger charge is -2.30. The van der Waals surface area contributed by atoms with Gasteiger partial charge < -0.3 is 10.6 Å². The summed E-state index contributed by atoms with van der Waals surface area (Å²) in [7, 11) is 0. The van der Waals surface area contributed by atoms with Crippen LogP contribution in [0.1, 0.15) is 40.2 Å². The Kier molecular flexibility index (Phi) is 3.74. The molecular formula is C22H22N4O. The summed E-state index contributed by atoms with van der Waals surface area (Å²) in [4.78, 5) is 15.4. The van der Waals surface area contributed by atoms with Gasteiger partial charge in [-0.3, -0.25) is 4.79 Å². The SMILES string of the molecule is Nc1cccc2c1CCCN2C(=O)c1nn(-c2ccccc2)c2c1CCC2. The number of nitrogen functional groups attached to an aromatic ring is 1. The van der Waals surface area contributed by atoms with Crippen LogP contribution in [0.5, 0.6) is 0 Å². The van der Waals surface area contributed by atoms with Crippen molar-refractivity contribution in [2.75, 3.05) is 17.2 Å². The van der Waals surface area contributed by atoms with Crippen molar-refractivity contribution in [3.05, 3.63) is 71.0 Å². The number of hydrogen-bond acceptors (Lipinski definition) is 3. The lowest BCUT2D eigenvalue weighted by molar-refractivity contribution is 0.0979. The average Bonchev–Trinajstić information content (AvgIpc) is 3.31. The lowest BCUT2D eigenvalue weighted by Crippen LogP contribution is -2.36. The predicted molar refractivity (Wildman–Crippen MR) is 106 cm³/mol. The fourth-order valence-corrected chi connectivity index (χ4v) is 4.38. The maximum Gasteiger partial charge on any atom is 0.279 e. The highest BCUT2D eigenvalue weighted by Gasteiger charge is 2.32. The molecule has 2 heterocycles. The Bertz CT molecular complexity index is 1020. The third-order valence-corrected chi connectivity index (χ3v) is 5.67. The van der Waals surface area contributed by atoms with E-state index in [2.05, 4.69) is 0 Å². The number of nitrogens with zero attached hydrogens (tertiary/aromatic N) is 3. The molecular weight excluding hydrogens is 336 g/mol. The van der Waals surface area contributed by atoms with Crippen LogP contribution in [0.15, 0.2) is 48.5 Å². The second-order valence-electron chi connectivity index (χ2n) is 7.28. The summed E-state index contributed by atoms with van der Waals surface area (Å²) in [6.45, 7) is 0.711. The number of aromatic nitrogens is 2. The number of fused-ring (bicyclic) bond motifs is 2. The number of carbonyl (C=O) groups excluding carboxylic acids is 1. The molecule has 0 radical (unpaired) electrons. The molecule has 3 aromatic rings. The van der Waals surface area contributed by atoms with Gasteiger partial charge in [0.1, 0.15) is 0 Å². The van der Waals surface area contributed by atoms with Gasteiger partial charge in [0.2, 0.25) is 0 Å². The van der Waals surface area contributed by atoms with Crippen LogP contribution in [-0.2, 0) is 19.3 Å². The van der Waals surface area contributed by atoms with Gasteiger partial charge in [-0.25, -0.2) is 4.68 Å². The van der Waals surface area contributed by atoms with Crippen LogP contribution in [-0.4, -0.2) is 22.2 Å². The van der Waals surface area contributed by atoms with Crippen molar-refractivity contribution in [2.24, 2.45) is 0 Å². The van der Waals surface area contributed by atoms with Crippen molar-refractivity contribution in [3.63, 3.8) is 0 Å². The number of benzene rings is 2. The average molecular weight is 358 g/mol. The molecule has 2 N–H and O–H groups in total. The topological polar surface area (TPSA) is 64.2 Å². The van der Waals surface area contributed by atoms with Gasteiger partial charge in [0.15, 0.2) is 5.69 Å². The Morgan fingerprint density at radius 2 is 1.74 bits per heavy atom. The van der Waals surface area contributed by atoms with E-state index in [0.29, 0.717) is 12.2 Å². The number of amides is 1. The van der Waals surface area contributed by atoms with E-state index in [1.165, 1.54) is 5.69 Å². The van der Waals surface area contributed by atoms with Crippen molar-refractivity contribution in [1.82, 2.24) is 9.78 Å². The monoisotopic (exact) mass is 358 g/mol. The van der Waals surface area contributed by atoms with E-state index in [1.54, 1.807) is 0 Å². The van der Waals surface area contributed by atoms with E-state index in [0.717, 1.165) is 60.3 Å². The first kappa shape index (κ1) is 16.1. The second kappa shape index (κ2) is 6.27. The van der Waals surface area contributed by atoms with Gasteiger partial charge in [-0.1, -0.05) is 24.3 Å². The maximum atomic E-state index is 13.5. The van der Waals surface area contributed by atoms with Crippen LogP contribution in [0.25, 0.3) is 5.69 Å². The van der Waals surface area contributed by atoms with Crippen molar-refractivity contribution >= 4 is 17.3 Å². The van der Waals surface area contributed by atoms with E-state index in [9.17, 15) is 4.79 Å². The van der Waals surface area contributed by atoms with Gasteiger partial charge in [0.05, 0.1) is 5.69 Å².